The summed E-state index contributed by atoms with van der Waals surface area (Å²) in [4.78, 5) is 22.8. The number of fused-ring (bicyclic) bond motifs is 1. The SMILES string of the molecule is O=c1[nH]c(Cc2ccccc2)nc2c1CCN(Cc1ccccc1)CC2. The van der Waals surface area contributed by atoms with Crippen LogP contribution < -0.4 is 5.56 Å². The molecule has 4 rings (SSSR count). The van der Waals surface area contributed by atoms with Gasteiger partial charge in [0.05, 0.1) is 5.69 Å². The third-order valence-corrected chi connectivity index (χ3v) is 4.96. The Morgan fingerprint density at radius 2 is 1.54 bits per heavy atom. The van der Waals surface area contributed by atoms with Crippen LogP contribution in [0.3, 0.4) is 0 Å². The maximum absolute atomic E-state index is 12.6. The summed E-state index contributed by atoms with van der Waals surface area (Å²) in [6.45, 7) is 2.75. The fourth-order valence-corrected chi connectivity index (χ4v) is 3.58. The summed E-state index contributed by atoms with van der Waals surface area (Å²) in [5.41, 5.74) is 4.33. The molecule has 4 heteroatoms. The molecule has 1 aromatic heterocycles. The standard InChI is InChI=1S/C22H23N3O/c26-22-19-11-13-25(16-18-9-5-2-6-10-18)14-12-20(19)23-21(24-22)15-17-7-3-1-4-8-17/h1-10H,11-16H2,(H,23,24,26). The van der Waals surface area contributed by atoms with Gasteiger partial charge in [-0.3, -0.25) is 9.69 Å². The van der Waals surface area contributed by atoms with Crippen molar-refractivity contribution in [3.05, 3.63) is 99.2 Å². The molecule has 0 radical (unpaired) electrons. The van der Waals surface area contributed by atoms with E-state index in [0.717, 1.165) is 55.1 Å². The van der Waals surface area contributed by atoms with Crippen molar-refractivity contribution < 1.29 is 0 Å². The molecule has 0 aliphatic carbocycles. The second kappa shape index (κ2) is 7.67. The number of H-pyrrole nitrogens is 1. The summed E-state index contributed by atoms with van der Waals surface area (Å²) in [6.07, 6.45) is 2.25. The summed E-state index contributed by atoms with van der Waals surface area (Å²) in [6, 6.07) is 20.6. The monoisotopic (exact) mass is 345 g/mol. The van der Waals surface area contributed by atoms with Crippen LogP contribution in [0.25, 0.3) is 0 Å². The van der Waals surface area contributed by atoms with Gasteiger partial charge in [-0.15, -0.1) is 0 Å². The molecule has 4 nitrogen and oxygen atoms in total. The first-order valence-corrected chi connectivity index (χ1v) is 9.19. The zero-order chi connectivity index (χ0) is 17.8. The maximum Gasteiger partial charge on any atom is 0.254 e. The number of nitrogens with zero attached hydrogens (tertiary/aromatic N) is 2. The van der Waals surface area contributed by atoms with Crippen LogP contribution >= 0.6 is 0 Å². The number of nitrogens with one attached hydrogen (secondary N) is 1. The minimum atomic E-state index is 0.0301. The molecule has 2 aromatic carbocycles. The number of hydrogen-bond donors (Lipinski definition) is 1. The van der Waals surface area contributed by atoms with Crippen molar-refractivity contribution >= 4 is 0 Å². The van der Waals surface area contributed by atoms with Gasteiger partial charge >= 0.3 is 0 Å². The van der Waals surface area contributed by atoms with Gasteiger partial charge in [-0.2, -0.15) is 0 Å². The lowest BCUT2D eigenvalue weighted by molar-refractivity contribution is 0.279. The fourth-order valence-electron chi connectivity index (χ4n) is 3.58. The number of aromatic amines is 1. The van der Waals surface area contributed by atoms with Crippen molar-refractivity contribution in [3.63, 3.8) is 0 Å². The first kappa shape index (κ1) is 16.7. The predicted octanol–water partition coefficient (Wildman–Crippen LogP) is 2.96. The third-order valence-electron chi connectivity index (χ3n) is 4.96. The first-order chi connectivity index (χ1) is 12.8. The van der Waals surface area contributed by atoms with Gasteiger partial charge in [0.25, 0.3) is 5.56 Å². The quantitative estimate of drug-likeness (QED) is 0.791. The number of benzene rings is 2. The van der Waals surface area contributed by atoms with E-state index in [0.29, 0.717) is 6.42 Å². The average Bonchev–Trinajstić information content (AvgIpc) is 2.86. The Labute approximate surface area is 153 Å². The molecular formula is C22H23N3O. The zero-order valence-corrected chi connectivity index (χ0v) is 14.8. The van der Waals surface area contributed by atoms with Crippen molar-refractivity contribution in [2.45, 2.75) is 25.8 Å². The van der Waals surface area contributed by atoms with Crippen LogP contribution in [0, 0.1) is 0 Å². The van der Waals surface area contributed by atoms with E-state index < -0.39 is 0 Å². The van der Waals surface area contributed by atoms with Gasteiger partial charge in [0, 0.05) is 38.0 Å². The van der Waals surface area contributed by atoms with E-state index >= 15 is 0 Å². The molecule has 0 unspecified atom stereocenters. The molecule has 1 N–H and O–H groups in total. The smallest absolute Gasteiger partial charge is 0.254 e. The molecule has 1 aliphatic rings. The number of rotatable bonds is 4. The lowest BCUT2D eigenvalue weighted by atomic mass is 10.1. The van der Waals surface area contributed by atoms with Crippen LogP contribution in [0.5, 0.6) is 0 Å². The van der Waals surface area contributed by atoms with E-state index in [1.165, 1.54) is 5.56 Å². The molecule has 3 aromatic rings. The second-order valence-corrected chi connectivity index (χ2v) is 6.86. The molecule has 0 fully saturated rings. The highest BCUT2D eigenvalue weighted by molar-refractivity contribution is 5.24. The van der Waals surface area contributed by atoms with Gasteiger partial charge in [0.1, 0.15) is 5.82 Å². The molecule has 2 heterocycles. The van der Waals surface area contributed by atoms with Gasteiger partial charge in [0.2, 0.25) is 0 Å². The van der Waals surface area contributed by atoms with Crippen LogP contribution in [0.1, 0.15) is 28.2 Å². The van der Waals surface area contributed by atoms with Crippen molar-refractivity contribution in [3.8, 4) is 0 Å². The fraction of sp³-hybridized carbons (Fsp3) is 0.273. The van der Waals surface area contributed by atoms with Crippen molar-refractivity contribution in [2.75, 3.05) is 13.1 Å². The Morgan fingerprint density at radius 1 is 0.885 bits per heavy atom. The Morgan fingerprint density at radius 3 is 2.27 bits per heavy atom. The minimum Gasteiger partial charge on any atom is -0.310 e. The highest BCUT2D eigenvalue weighted by Crippen LogP contribution is 2.14. The summed E-state index contributed by atoms with van der Waals surface area (Å²) in [5, 5.41) is 0. The predicted molar refractivity (Wildman–Crippen MR) is 103 cm³/mol. The van der Waals surface area contributed by atoms with Crippen LogP contribution in [0.15, 0.2) is 65.5 Å². The van der Waals surface area contributed by atoms with Crippen molar-refractivity contribution in [2.24, 2.45) is 0 Å². The number of hydrogen-bond acceptors (Lipinski definition) is 3. The molecule has 1 aliphatic heterocycles. The van der Waals surface area contributed by atoms with E-state index in [1.54, 1.807) is 0 Å². The summed E-state index contributed by atoms with van der Waals surface area (Å²) < 4.78 is 0. The second-order valence-electron chi connectivity index (χ2n) is 6.86. The zero-order valence-electron chi connectivity index (χ0n) is 14.8. The normalized spacial score (nSPS) is 14.6. The maximum atomic E-state index is 12.6. The molecule has 0 atom stereocenters. The Bertz CT molecular complexity index is 919. The molecule has 0 amide bonds. The van der Waals surface area contributed by atoms with Crippen LogP contribution in [-0.2, 0) is 25.8 Å². The van der Waals surface area contributed by atoms with Gasteiger partial charge in [0.15, 0.2) is 0 Å². The summed E-state index contributed by atoms with van der Waals surface area (Å²) in [5.74, 6) is 0.761. The molecule has 132 valence electrons. The van der Waals surface area contributed by atoms with Gasteiger partial charge in [-0.05, 0) is 17.5 Å². The van der Waals surface area contributed by atoms with E-state index in [4.69, 9.17) is 4.98 Å². The molecule has 0 spiro atoms. The molecule has 0 saturated carbocycles. The van der Waals surface area contributed by atoms with E-state index in [1.807, 2.05) is 24.3 Å². The van der Waals surface area contributed by atoms with Crippen LogP contribution in [0.4, 0.5) is 0 Å². The topological polar surface area (TPSA) is 49.0 Å². The van der Waals surface area contributed by atoms with E-state index in [-0.39, 0.29) is 5.56 Å². The average molecular weight is 345 g/mol. The molecule has 26 heavy (non-hydrogen) atoms. The van der Waals surface area contributed by atoms with E-state index in [2.05, 4.69) is 46.3 Å². The molecule has 0 saturated heterocycles. The lowest BCUT2D eigenvalue weighted by Gasteiger charge is -2.19. The van der Waals surface area contributed by atoms with Gasteiger partial charge < -0.3 is 4.98 Å². The minimum absolute atomic E-state index is 0.0301. The van der Waals surface area contributed by atoms with E-state index in [9.17, 15) is 4.79 Å². The van der Waals surface area contributed by atoms with Crippen molar-refractivity contribution in [1.82, 2.24) is 14.9 Å². The summed E-state index contributed by atoms with van der Waals surface area (Å²) in [7, 11) is 0. The molecular weight excluding hydrogens is 322 g/mol. The Hall–Kier alpha value is -2.72. The van der Waals surface area contributed by atoms with Crippen LogP contribution in [-0.4, -0.2) is 28.0 Å². The van der Waals surface area contributed by atoms with Gasteiger partial charge in [-0.25, -0.2) is 4.98 Å². The third kappa shape index (κ3) is 3.92. The van der Waals surface area contributed by atoms with Gasteiger partial charge in [-0.1, -0.05) is 60.7 Å². The molecule has 0 bridgehead atoms. The van der Waals surface area contributed by atoms with Crippen LogP contribution in [0.2, 0.25) is 0 Å². The highest BCUT2D eigenvalue weighted by Gasteiger charge is 2.18. The Balaban J connectivity index is 1.51. The van der Waals surface area contributed by atoms with Crippen molar-refractivity contribution in [1.29, 1.82) is 0 Å². The largest absolute Gasteiger partial charge is 0.310 e. The highest BCUT2D eigenvalue weighted by atomic mass is 16.1. The summed E-state index contributed by atoms with van der Waals surface area (Å²) >= 11 is 0. The lowest BCUT2D eigenvalue weighted by Crippen LogP contribution is -2.26. The Kier molecular flexibility index (Phi) is 4.93. The number of aromatic nitrogens is 2. The first-order valence-electron chi connectivity index (χ1n) is 9.19.